The number of amides is 1. The summed E-state index contributed by atoms with van der Waals surface area (Å²) in [5, 5.41) is 0. The minimum absolute atomic E-state index is 0.291. The van der Waals surface area contributed by atoms with E-state index in [1.165, 1.54) is 0 Å². The zero-order valence-electron chi connectivity index (χ0n) is 13.7. The van der Waals surface area contributed by atoms with Gasteiger partial charge in [0.15, 0.2) is 0 Å². The van der Waals surface area contributed by atoms with E-state index >= 15 is 0 Å². The highest BCUT2D eigenvalue weighted by Crippen LogP contribution is 2.45. The summed E-state index contributed by atoms with van der Waals surface area (Å²) >= 11 is 1.99. The summed E-state index contributed by atoms with van der Waals surface area (Å²) in [5.41, 5.74) is 0.341. The van der Waals surface area contributed by atoms with Crippen LogP contribution < -0.4 is 0 Å². The number of nitrogens with zero attached hydrogens (tertiary/aromatic N) is 1. The Bertz CT molecular complexity index is 374. The van der Waals surface area contributed by atoms with Gasteiger partial charge in [-0.3, -0.25) is 4.79 Å². The average Bonchev–Trinajstić information content (AvgIpc) is 2.58. The van der Waals surface area contributed by atoms with Gasteiger partial charge in [0, 0.05) is 38.6 Å². The number of hydrogen-bond acceptors (Lipinski definition) is 4. The van der Waals surface area contributed by atoms with Crippen LogP contribution in [0.15, 0.2) is 0 Å². The second-order valence-electron chi connectivity index (χ2n) is 7.05. The first-order valence-electron chi connectivity index (χ1n) is 8.68. The first kappa shape index (κ1) is 16.6. The van der Waals surface area contributed by atoms with Gasteiger partial charge in [-0.1, -0.05) is 0 Å². The molecule has 3 aliphatic heterocycles. The van der Waals surface area contributed by atoms with Gasteiger partial charge in [-0.2, -0.15) is 11.8 Å². The molecule has 0 radical (unpaired) electrons. The molecule has 0 aliphatic carbocycles. The van der Waals surface area contributed by atoms with Crippen LogP contribution >= 0.6 is 11.8 Å². The number of hydrogen-bond donors (Lipinski definition) is 0. The molecule has 3 fully saturated rings. The van der Waals surface area contributed by atoms with Crippen LogP contribution in [-0.4, -0.2) is 62.3 Å². The molecule has 0 N–H and O–H groups in total. The van der Waals surface area contributed by atoms with Crippen molar-refractivity contribution >= 4 is 17.7 Å². The van der Waals surface area contributed by atoms with E-state index < -0.39 is 0 Å². The second kappa shape index (κ2) is 7.54. The highest BCUT2D eigenvalue weighted by atomic mass is 32.2. The fourth-order valence-corrected chi connectivity index (χ4v) is 5.45. The van der Waals surface area contributed by atoms with Crippen molar-refractivity contribution in [3.05, 3.63) is 0 Å². The largest absolute Gasteiger partial charge is 0.384 e. The molecule has 3 saturated heterocycles. The van der Waals surface area contributed by atoms with Gasteiger partial charge in [-0.05, 0) is 49.0 Å². The number of likely N-dealkylation sites (tertiary alicyclic amines) is 1. The van der Waals surface area contributed by atoms with Gasteiger partial charge < -0.3 is 14.4 Å². The lowest BCUT2D eigenvalue weighted by molar-refractivity contribution is -0.142. The van der Waals surface area contributed by atoms with E-state index in [4.69, 9.17) is 9.47 Å². The van der Waals surface area contributed by atoms with Crippen molar-refractivity contribution in [3.63, 3.8) is 0 Å². The van der Waals surface area contributed by atoms with Gasteiger partial charge in [-0.25, -0.2) is 0 Å². The number of ether oxygens (including phenoxy) is 2. The van der Waals surface area contributed by atoms with E-state index in [1.54, 1.807) is 7.11 Å². The van der Waals surface area contributed by atoms with Crippen LogP contribution in [0.25, 0.3) is 0 Å². The first-order valence-corrected chi connectivity index (χ1v) is 9.84. The molecule has 3 aliphatic rings. The summed E-state index contributed by atoms with van der Waals surface area (Å²) in [5.74, 6) is 3.52. The molecule has 0 unspecified atom stereocenters. The molecule has 0 aromatic carbocycles. The molecule has 0 aromatic rings. The van der Waals surface area contributed by atoms with Gasteiger partial charge in [-0.15, -0.1) is 0 Å². The van der Waals surface area contributed by atoms with Crippen molar-refractivity contribution in [2.75, 3.05) is 51.5 Å². The molecule has 1 spiro atoms. The molecule has 0 bridgehead atoms. The van der Waals surface area contributed by atoms with Crippen molar-refractivity contribution in [1.82, 2.24) is 4.90 Å². The van der Waals surface area contributed by atoms with E-state index in [0.717, 1.165) is 76.5 Å². The van der Waals surface area contributed by atoms with Crippen molar-refractivity contribution < 1.29 is 14.3 Å². The third-order valence-electron chi connectivity index (χ3n) is 5.94. The molecule has 22 heavy (non-hydrogen) atoms. The van der Waals surface area contributed by atoms with Gasteiger partial charge in [0.05, 0.1) is 13.2 Å². The monoisotopic (exact) mass is 327 g/mol. The molecular formula is C17H29NO3S. The standard InChI is InChI=1S/C17H29NO3S/c1-20-12-15-13-21-9-6-17(15)4-7-18(8-5-17)16(19)14-2-10-22-11-3-14/h14-15H,2-13H2,1H3/t15-/m0/s1. The Balaban J connectivity index is 1.57. The van der Waals surface area contributed by atoms with Crippen LogP contribution in [0.5, 0.6) is 0 Å². The highest BCUT2D eigenvalue weighted by Gasteiger charge is 2.44. The summed E-state index contributed by atoms with van der Waals surface area (Å²) in [7, 11) is 1.78. The lowest BCUT2D eigenvalue weighted by Crippen LogP contribution is -2.51. The van der Waals surface area contributed by atoms with E-state index in [9.17, 15) is 4.79 Å². The number of carbonyl (C=O) groups is 1. The summed E-state index contributed by atoms with van der Waals surface area (Å²) in [6, 6.07) is 0. The Labute approximate surface area is 138 Å². The second-order valence-corrected chi connectivity index (χ2v) is 8.28. The van der Waals surface area contributed by atoms with Crippen molar-refractivity contribution in [2.45, 2.75) is 32.1 Å². The summed E-state index contributed by atoms with van der Waals surface area (Å²) in [6.45, 7) is 4.34. The maximum atomic E-state index is 12.7. The smallest absolute Gasteiger partial charge is 0.225 e. The van der Waals surface area contributed by atoms with Crippen molar-refractivity contribution in [3.8, 4) is 0 Å². The van der Waals surface area contributed by atoms with Gasteiger partial charge in [0.1, 0.15) is 0 Å². The van der Waals surface area contributed by atoms with Crippen LogP contribution in [0, 0.1) is 17.3 Å². The Morgan fingerprint density at radius 3 is 2.68 bits per heavy atom. The fraction of sp³-hybridized carbons (Fsp3) is 0.941. The minimum Gasteiger partial charge on any atom is -0.384 e. The van der Waals surface area contributed by atoms with Crippen molar-refractivity contribution in [2.24, 2.45) is 17.3 Å². The molecule has 0 aromatic heterocycles. The van der Waals surface area contributed by atoms with E-state index in [0.29, 0.717) is 23.2 Å². The molecule has 126 valence electrons. The zero-order chi connectivity index (χ0) is 15.4. The molecule has 0 saturated carbocycles. The first-order chi connectivity index (χ1) is 10.7. The number of rotatable bonds is 3. The van der Waals surface area contributed by atoms with Gasteiger partial charge in [0.2, 0.25) is 5.91 Å². The molecular weight excluding hydrogens is 298 g/mol. The van der Waals surface area contributed by atoms with Crippen molar-refractivity contribution in [1.29, 1.82) is 0 Å². The summed E-state index contributed by atoms with van der Waals surface area (Å²) in [6.07, 6.45) is 5.52. The van der Waals surface area contributed by atoms with Gasteiger partial charge in [0.25, 0.3) is 0 Å². The van der Waals surface area contributed by atoms with Crippen LogP contribution in [-0.2, 0) is 14.3 Å². The Morgan fingerprint density at radius 1 is 1.27 bits per heavy atom. The van der Waals surface area contributed by atoms with Crippen LogP contribution in [0.3, 0.4) is 0 Å². The molecule has 3 rings (SSSR count). The SMILES string of the molecule is COC[C@H]1COCCC12CCN(C(=O)C1CCSCC1)CC2. The average molecular weight is 327 g/mol. The van der Waals surface area contributed by atoms with Crippen LogP contribution in [0.2, 0.25) is 0 Å². The third kappa shape index (κ3) is 3.46. The van der Waals surface area contributed by atoms with E-state index in [1.807, 2.05) is 11.8 Å². The van der Waals surface area contributed by atoms with E-state index in [-0.39, 0.29) is 0 Å². The summed E-state index contributed by atoms with van der Waals surface area (Å²) in [4.78, 5) is 14.8. The summed E-state index contributed by atoms with van der Waals surface area (Å²) < 4.78 is 11.1. The topological polar surface area (TPSA) is 38.8 Å². The molecule has 1 amide bonds. The quantitative estimate of drug-likeness (QED) is 0.798. The normalized spacial score (nSPS) is 29.7. The molecule has 3 heterocycles. The van der Waals surface area contributed by atoms with Gasteiger partial charge >= 0.3 is 0 Å². The lowest BCUT2D eigenvalue weighted by atomic mass is 9.66. The third-order valence-corrected chi connectivity index (χ3v) is 6.99. The zero-order valence-corrected chi connectivity index (χ0v) is 14.5. The minimum atomic E-state index is 0.291. The highest BCUT2D eigenvalue weighted by molar-refractivity contribution is 7.99. The van der Waals surface area contributed by atoms with Crippen LogP contribution in [0.1, 0.15) is 32.1 Å². The number of thioether (sulfide) groups is 1. The molecule has 1 atom stereocenters. The predicted octanol–water partition coefficient (Wildman–Crippen LogP) is 2.42. The fourth-order valence-electron chi connectivity index (χ4n) is 4.34. The maximum Gasteiger partial charge on any atom is 0.225 e. The van der Waals surface area contributed by atoms with E-state index in [2.05, 4.69) is 4.90 Å². The van der Waals surface area contributed by atoms with Crippen LogP contribution in [0.4, 0.5) is 0 Å². The predicted molar refractivity (Wildman–Crippen MR) is 89.1 cm³/mol. The Hall–Kier alpha value is -0.260. The number of methoxy groups -OCH3 is 1. The molecule has 5 heteroatoms. The number of piperidine rings is 1. The Kier molecular flexibility index (Phi) is 5.69. The number of carbonyl (C=O) groups excluding carboxylic acids is 1. The molecule has 4 nitrogen and oxygen atoms in total. The lowest BCUT2D eigenvalue weighted by Gasteiger charge is -2.49. The maximum absolute atomic E-state index is 12.7. The Morgan fingerprint density at radius 2 is 2.00 bits per heavy atom.